The van der Waals surface area contributed by atoms with E-state index >= 15 is 0 Å². The Morgan fingerprint density at radius 2 is 2.19 bits per heavy atom. The van der Waals surface area contributed by atoms with Gasteiger partial charge in [0.1, 0.15) is 17.9 Å². The minimum absolute atomic E-state index is 0.0644. The number of nitrogens with one attached hydrogen (secondary N) is 1. The van der Waals surface area contributed by atoms with Crippen molar-refractivity contribution in [1.82, 2.24) is 19.5 Å². The number of fused-ring (bicyclic) bond motifs is 1. The monoisotopic (exact) mass is 375 g/mol. The summed E-state index contributed by atoms with van der Waals surface area (Å²) in [5.74, 6) is -1.06. The highest BCUT2D eigenvalue weighted by atomic mass is 16.6. The second-order valence-electron chi connectivity index (χ2n) is 7.89. The third-order valence-electron chi connectivity index (χ3n) is 4.03. The van der Waals surface area contributed by atoms with Crippen molar-refractivity contribution in [2.45, 2.75) is 53.1 Å². The Morgan fingerprint density at radius 3 is 2.78 bits per heavy atom. The topological polar surface area (TPSA) is 110 Å². The lowest BCUT2D eigenvalue weighted by Crippen LogP contribution is -2.37. The molecule has 0 radical (unpaired) electrons. The Balaban J connectivity index is 2.17. The Kier molecular flexibility index (Phi) is 4.95. The van der Waals surface area contributed by atoms with Crippen molar-refractivity contribution in [3.8, 4) is 5.88 Å². The number of rotatable bonds is 6. The number of carbonyl (C=O) groups excluding carboxylic acids is 1. The van der Waals surface area contributed by atoms with E-state index in [0.29, 0.717) is 24.5 Å². The van der Waals surface area contributed by atoms with E-state index in [2.05, 4.69) is 15.6 Å². The van der Waals surface area contributed by atoms with Gasteiger partial charge in [0.2, 0.25) is 5.88 Å². The molecule has 2 aromatic rings. The molecule has 1 aliphatic carbocycles. The molecule has 0 spiro atoms. The molecule has 1 aliphatic rings. The van der Waals surface area contributed by atoms with Crippen LogP contribution in [0.2, 0.25) is 0 Å². The smallest absolute Gasteiger partial charge is 0.270 e. The summed E-state index contributed by atoms with van der Waals surface area (Å²) in [7, 11) is 0. The van der Waals surface area contributed by atoms with Gasteiger partial charge in [0.15, 0.2) is 5.56 Å². The molecule has 146 valence electrons. The maximum atomic E-state index is 13.0. The van der Waals surface area contributed by atoms with E-state index in [1.807, 2.05) is 20.8 Å². The Bertz CT molecular complexity index is 947. The van der Waals surface area contributed by atoms with Crippen LogP contribution in [0.5, 0.6) is 5.88 Å². The van der Waals surface area contributed by atoms with Gasteiger partial charge in [-0.1, -0.05) is 25.9 Å². The van der Waals surface area contributed by atoms with Crippen molar-refractivity contribution in [2.75, 3.05) is 6.61 Å². The fraction of sp³-hybridized carbons (Fsp3) is 0.556. The van der Waals surface area contributed by atoms with Crippen LogP contribution >= 0.6 is 0 Å². The number of hydrogen-bond donors (Lipinski definition) is 2. The molecule has 1 saturated carbocycles. The number of nitrogens with zero attached hydrogens (tertiary/aromatic N) is 4. The molecule has 0 aromatic carbocycles. The van der Waals surface area contributed by atoms with E-state index in [1.54, 1.807) is 13.0 Å². The summed E-state index contributed by atoms with van der Waals surface area (Å²) in [6.07, 6.45) is 3.15. The lowest BCUT2D eigenvalue weighted by atomic mass is 9.97. The first-order chi connectivity index (χ1) is 12.7. The van der Waals surface area contributed by atoms with Crippen LogP contribution in [0.4, 0.5) is 0 Å². The maximum absolute atomic E-state index is 13.0. The van der Waals surface area contributed by atoms with Crippen LogP contribution in [-0.2, 0) is 11.4 Å². The third kappa shape index (κ3) is 4.12. The Morgan fingerprint density at radius 1 is 1.48 bits per heavy atom. The van der Waals surface area contributed by atoms with Crippen molar-refractivity contribution in [3.63, 3.8) is 0 Å². The second kappa shape index (κ2) is 7.05. The first-order valence-corrected chi connectivity index (χ1v) is 9.03. The van der Waals surface area contributed by atoms with Gasteiger partial charge in [0, 0.05) is 18.7 Å². The van der Waals surface area contributed by atoms with Crippen LogP contribution in [-0.4, -0.2) is 44.1 Å². The minimum atomic E-state index is -0.579. The Hall–Kier alpha value is -2.84. The third-order valence-corrected chi connectivity index (χ3v) is 4.03. The molecule has 3 rings (SSSR count). The second-order valence-corrected chi connectivity index (χ2v) is 7.89. The van der Waals surface area contributed by atoms with Crippen LogP contribution in [0, 0.1) is 5.41 Å². The number of carbonyl (C=O) groups is 1. The van der Waals surface area contributed by atoms with Crippen molar-refractivity contribution in [2.24, 2.45) is 10.6 Å². The first-order valence-electron chi connectivity index (χ1n) is 9.03. The van der Waals surface area contributed by atoms with Crippen LogP contribution in [0.15, 0.2) is 16.0 Å². The minimum Gasteiger partial charge on any atom is -0.492 e. The SMILES string of the molecule is CCO/N=C/c1cc2n(CC(C)(C)C)c(=O)c(C(=O)NC3CC3)c(O)n2n1. The molecule has 0 bridgehead atoms. The molecule has 2 N–H and O–H groups in total. The molecular weight excluding hydrogens is 350 g/mol. The van der Waals surface area contributed by atoms with E-state index in [-0.39, 0.29) is 17.0 Å². The number of amides is 1. The summed E-state index contributed by atoms with van der Waals surface area (Å²) < 4.78 is 2.66. The van der Waals surface area contributed by atoms with Gasteiger partial charge < -0.3 is 15.3 Å². The van der Waals surface area contributed by atoms with Crippen molar-refractivity contribution >= 4 is 17.8 Å². The predicted molar refractivity (Wildman–Crippen MR) is 100 cm³/mol. The molecule has 1 amide bonds. The molecular formula is C18H25N5O4. The van der Waals surface area contributed by atoms with Crippen LogP contribution in [0.25, 0.3) is 5.65 Å². The molecule has 27 heavy (non-hydrogen) atoms. The number of oxime groups is 1. The van der Waals surface area contributed by atoms with E-state index in [9.17, 15) is 14.7 Å². The zero-order valence-corrected chi connectivity index (χ0v) is 16.0. The largest absolute Gasteiger partial charge is 0.492 e. The zero-order valence-electron chi connectivity index (χ0n) is 16.0. The predicted octanol–water partition coefficient (Wildman–Crippen LogP) is 1.51. The molecule has 9 nitrogen and oxygen atoms in total. The fourth-order valence-electron chi connectivity index (χ4n) is 2.72. The highest BCUT2D eigenvalue weighted by Crippen LogP contribution is 2.23. The van der Waals surface area contributed by atoms with Gasteiger partial charge in [-0.15, -0.1) is 0 Å². The standard InChI is InChI=1S/C18H25N5O4/c1-5-27-19-9-12-8-13-22(10-18(2,3)4)16(25)14(17(26)23(13)21-12)15(24)20-11-6-7-11/h8-9,11,26H,5-7,10H2,1-4H3,(H,20,24)/b19-9+. The molecule has 0 unspecified atom stereocenters. The van der Waals surface area contributed by atoms with Crippen molar-refractivity contribution < 1.29 is 14.7 Å². The quantitative estimate of drug-likeness (QED) is 0.587. The summed E-state index contributed by atoms with van der Waals surface area (Å²) in [5.41, 5.74) is -0.278. The molecule has 9 heteroatoms. The molecule has 0 atom stereocenters. The number of aromatic hydroxyl groups is 1. The normalized spacial score (nSPS) is 14.8. The first kappa shape index (κ1) is 18.9. The van der Waals surface area contributed by atoms with E-state index in [0.717, 1.165) is 12.8 Å². The van der Waals surface area contributed by atoms with Crippen LogP contribution in [0.3, 0.4) is 0 Å². The molecule has 0 saturated heterocycles. The molecule has 2 heterocycles. The van der Waals surface area contributed by atoms with Gasteiger partial charge in [-0.25, -0.2) is 0 Å². The van der Waals surface area contributed by atoms with Gasteiger partial charge >= 0.3 is 0 Å². The fourth-order valence-corrected chi connectivity index (χ4v) is 2.72. The van der Waals surface area contributed by atoms with E-state index in [1.165, 1.54) is 15.3 Å². The lowest BCUT2D eigenvalue weighted by Gasteiger charge is -2.21. The van der Waals surface area contributed by atoms with Crippen LogP contribution in [0.1, 0.15) is 56.6 Å². The highest BCUT2D eigenvalue weighted by Gasteiger charge is 2.30. The van der Waals surface area contributed by atoms with Crippen molar-refractivity contribution in [3.05, 3.63) is 27.7 Å². The summed E-state index contributed by atoms with van der Waals surface area (Å²) in [6.45, 7) is 8.53. The van der Waals surface area contributed by atoms with Gasteiger partial charge in [0.25, 0.3) is 11.5 Å². The Labute approximate surface area is 156 Å². The lowest BCUT2D eigenvalue weighted by molar-refractivity contribution is 0.0944. The van der Waals surface area contributed by atoms with Crippen LogP contribution < -0.4 is 10.9 Å². The highest BCUT2D eigenvalue weighted by molar-refractivity contribution is 5.96. The van der Waals surface area contributed by atoms with Gasteiger partial charge in [-0.3, -0.25) is 14.2 Å². The van der Waals surface area contributed by atoms with E-state index < -0.39 is 17.3 Å². The zero-order chi connectivity index (χ0) is 19.8. The maximum Gasteiger partial charge on any atom is 0.270 e. The summed E-state index contributed by atoms with van der Waals surface area (Å²) in [4.78, 5) is 30.5. The summed E-state index contributed by atoms with van der Waals surface area (Å²) in [6, 6.07) is 1.69. The van der Waals surface area contributed by atoms with Crippen molar-refractivity contribution in [1.29, 1.82) is 0 Å². The molecule has 0 aliphatic heterocycles. The molecule has 2 aromatic heterocycles. The number of aromatic nitrogens is 3. The van der Waals surface area contributed by atoms with E-state index in [4.69, 9.17) is 4.84 Å². The van der Waals surface area contributed by atoms with Gasteiger partial charge in [0.05, 0.1) is 6.21 Å². The van der Waals surface area contributed by atoms with Gasteiger partial charge in [-0.2, -0.15) is 9.61 Å². The summed E-state index contributed by atoms with van der Waals surface area (Å²) in [5, 5.41) is 21.4. The summed E-state index contributed by atoms with van der Waals surface area (Å²) >= 11 is 0. The number of hydrogen-bond acceptors (Lipinski definition) is 6. The average Bonchev–Trinajstić information content (AvgIpc) is 3.27. The average molecular weight is 375 g/mol. The van der Waals surface area contributed by atoms with Gasteiger partial charge in [-0.05, 0) is 25.2 Å². The molecule has 1 fully saturated rings.